The number of hydrogen-bond acceptors (Lipinski definition) is 46. The van der Waals surface area contributed by atoms with E-state index in [2.05, 4.69) is 156 Å². The number of amides is 6. The maximum absolute atomic E-state index is 9.53. The number of nitrogens with two attached hydrogens (primary N) is 19. The van der Waals surface area contributed by atoms with Gasteiger partial charge in [0.1, 0.15) is 30.6 Å². The molecule has 55 nitrogen and oxygen atoms in total. The summed E-state index contributed by atoms with van der Waals surface area (Å²) in [4.78, 5) is 72.7. The van der Waals surface area contributed by atoms with Gasteiger partial charge in [0.25, 0.3) is 0 Å². The molecule has 0 aliphatic rings. The summed E-state index contributed by atoms with van der Waals surface area (Å²) in [6, 6.07) is 0. The first kappa shape index (κ1) is 344. The van der Waals surface area contributed by atoms with Crippen molar-refractivity contribution in [1.82, 2.24) is 0 Å². The van der Waals surface area contributed by atoms with E-state index >= 15 is 0 Å². The second kappa shape index (κ2) is 363. The Morgan fingerprint density at radius 2 is 0.396 bits per heavy atom. The van der Waals surface area contributed by atoms with Crippen molar-refractivity contribution in [3.8, 4) is 0 Å². The first-order valence-electron chi connectivity index (χ1n) is 16.1. The van der Waals surface area contributed by atoms with Gasteiger partial charge >= 0.3 is 0 Å². The molecule has 0 aliphatic heterocycles. The molecule has 0 aromatic heterocycles. The molecule has 0 aliphatic carbocycles. The topological polar surface area (TPSA) is 1100 Å². The molecule has 41 N–H and O–H groups in total. The van der Waals surface area contributed by atoms with Gasteiger partial charge in [-0.15, -0.1) is 58.1 Å². The molecular formula is C28H94N22O33Rf15S13-30. The summed E-state index contributed by atoms with van der Waals surface area (Å²) in [6.45, 7) is 18.0. The average molecular weight is 5690 g/mol. The number of hydrogen-bond donors (Lipinski definition) is 17. The second-order valence-corrected chi connectivity index (χ2v) is 17.1. The van der Waals surface area contributed by atoms with E-state index in [9.17, 15) is 9.59 Å². The van der Waals surface area contributed by atoms with Gasteiger partial charge in [0.05, 0.1) is 0 Å². The van der Waals surface area contributed by atoms with Gasteiger partial charge in [0.2, 0.25) is 0 Å². The predicted octanol–water partition coefficient (Wildman–Crippen LogP) is -5.11. The Balaban J connectivity index is -0.00000000952. The van der Waals surface area contributed by atoms with Crippen LogP contribution in [0.3, 0.4) is 0 Å². The Morgan fingerprint density at radius 3 is 0.405 bits per heavy atom. The van der Waals surface area contributed by atoms with Gasteiger partial charge in [-0.05, 0) is 54.5 Å². The summed E-state index contributed by atoms with van der Waals surface area (Å²) in [5.74, 6) is 14.4. The Bertz CT molecular complexity index is 1930. The first-order valence-corrected chi connectivity index (χ1v) is 32.1. The molecule has 0 saturated heterocycles. The molecule has 0 unspecified atom stereocenters. The van der Waals surface area contributed by atoms with E-state index in [-0.39, 0.29) is 96.4 Å². The zero-order chi connectivity index (χ0) is 75.1. The minimum Gasteiger partial charge on any atom is -0.693 e. The molecule has 6 amide bonds. The molecule has 0 spiro atoms. The number of carbonyl (C=O) groups excluding carboxylic acids is 7. The number of primary amides is 6. The maximum Gasteiger partial charge on any atom is 0.187 e. The fourth-order valence-electron chi connectivity index (χ4n) is 0.185. The molecule has 0 radical (unpaired) electrons. The normalized spacial score (nSPS) is 6.39. The van der Waals surface area contributed by atoms with Gasteiger partial charge < -0.3 is 265 Å². The van der Waals surface area contributed by atoms with Crippen LogP contribution < -0.4 is 93.2 Å². The molecule has 0 aromatic rings. The summed E-state index contributed by atoms with van der Waals surface area (Å²) >= 11 is 3.15. The van der Waals surface area contributed by atoms with E-state index in [0.29, 0.717) is 17.3 Å². The van der Waals surface area contributed by atoms with Crippen molar-refractivity contribution < 1.29 is 146 Å². The third-order valence-corrected chi connectivity index (χ3v) is 2.03. The van der Waals surface area contributed by atoms with E-state index in [1.807, 2.05) is 0 Å². The van der Waals surface area contributed by atoms with Crippen molar-refractivity contribution >= 4 is 186 Å². The minimum atomic E-state index is -3.92. The molecule has 83 heteroatoms. The van der Waals surface area contributed by atoms with Crippen LogP contribution in [0.2, 0.25) is 0 Å². The van der Waals surface area contributed by atoms with E-state index in [1.54, 1.807) is 0 Å². The second-order valence-electron chi connectivity index (χ2n) is 7.31. The van der Waals surface area contributed by atoms with Crippen LogP contribution >= 0.6 is 36.1 Å². The Kier molecular flexibility index (Phi) is 1130. The van der Waals surface area contributed by atoms with Gasteiger partial charge in [-0.1, -0.05) is 33.9 Å². The van der Waals surface area contributed by atoms with Crippen LogP contribution in [0.25, 0.3) is 27.7 Å². The monoisotopic (exact) mass is 5690 g/mol. The molecule has 0 atom stereocenters. The summed E-state index contributed by atoms with van der Waals surface area (Å²) in [6.07, 6.45) is 8.06. The number of rotatable bonds is 11. The maximum atomic E-state index is 9.53. The largest absolute Gasteiger partial charge is 0.693 e. The van der Waals surface area contributed by atoms with Crippen molar-refractivity contribution in [2.24, 2.45) is 93.2 Å². The van der Waals surface area contributed by atoms with Gasteiger partial charge in [-0.25, -0.2) is 40.7 Å². The molecule has 0 rings (SSSR count). The van der Waals surface area contributed by atoms with Crippen molar-refractivity contribution in [3.63, 3.8) is 0 Å². The summed E-state index contributed by atoms with van der Waals surface area (Å²) in [5.41, 5.74) is 25.3. The molecule has 652 valence electrons. The van der Waals surface area contributed by atoms with Crippen LogP contribution in [0.15, 0.2) is 0 Å². The predicted molar refractivity (Wildman–Crippen MR) is 370 cm³/mol. The third kappa shape index (κ3) is 21200. The van der Waals surface area contributed by atoms with Gasteiger partial charge in [0, 0.05) is 36.1 Å². The quantitative estimate of drug-likeness (QED) is 0.0175. The SMILES string of the molecule is C[C-]=O.C[S-](=O)=O.C[S-](=O)=O.N[C-]=O.N[C-]=O.N[C-]=O.N[C-]=O.N[S-](=O)=O.N[S-](=O)=O.N[S-](=O)=O.N[S-](=O)=O.N[S-](=O)=O.[CH2-]CC(N)=O.[CH2-]CC(N)=O.[CH2-]CSOON.[CH2-]CSOON.[CH2-]CSOON.[CH3-].[CH3-].[CH3-].[CH3-].[CH3-].[CH3-].[CH3-].[CH3-].[NH-]S(N)(=O)=O.[NH-]S(N)(=O)=O.[NH-]S(N)(=O)=O.[NH2-].[NH2-].[Rf].[Rf].[Rf].[Rf].[Rf].[Rf].[Rf].[Rf].[Rf].[Rf].[Rf].[Rf].[Rf].[Rf].[Rf]. The first-order chi connectivity index (χ1) is 38.5. The molecular weight excluding hydrogens is 5590 g/mol. The van der Waals surface area contributed by atoms with Crippen molar-refractivity contribution in [2.45, 2.75) is 19.8 Å². The van der Waals surface area contributed by atoms with Crippen LogP contribution in [0.5, 0.6) is 0 Å². The van der Waals surface area contributed by atoms with Crippen molar-refractivity contribution in [2.75, 3.05) is 29.8 Å². The van der Waals surface area contributed by atoms with E-state index in [0.717, 1.165) is 74.3 Å². The zero-order valence-electron chi connectivity index (χ0n) is 63.4. The van der Waals surface area contributed by atoms with E-state index < -0.39 is 106 Å². The Hall–Kier alpha value is -18.8. The zero-order valence-corrected chi connectivity index (χ0v) is 170. The van der Waals surface area contributed by atoms with Crippen LogP contribution in [0.1, 0.15) is 19.8 Å². The van der Waals surface area contributed by atoms with Crippen LogP contribution in [-0.2, 0) is 227 Å². The minimum absolute atomic E-state index is 0. The molecule has 0 bridgehead atoms. The van der Waals surface area contributed by atoms with Crippen LogP contribution in [-0.4, -0.2) is 98.8 Å². The fourth-order valence-corrected chi connectivity index (χ4v) is 0.556. The number of carbonyl (C=O) groups is 2. The van der Waals surface area contributed by atoms with Crippen molar-refractivity contribution in [1.29, 1.82) is 0 Å². The molecule has 0 saturated carbocycles. The van der Waals surface area contributed by atoms with Crippen molar-refractivity contribution in [3.05, 3.63) is 122 Å². The molecule has 0 aromatic carbocycles. The Morgan fingerprint density at radius 1 is 0.351 bits per heavy atom. The van der Waals surface area contributed by atoms with Crippen LogP contribution in [0.4, 0.5) is 0 Å². The summed E-state index contributed by atoms with van der Waals surface area (Å²) in [5, 5.41) is 49.2. The van der Waals surface area contributed by atoms with Gasteiger partial charge in [0.15, 0.2) is 11.8 Å². The Labute approximate surface area is 592 Å². The molecule has 0 fully saturated rings. The standard InChI is InChI=1S/2C3H6NO.3C2H6NO2S.C2H3O.4CH2NO.2CH3O2S.8CH3.3H3N2O2S.5H2NO2S.2H2N.15Rf/c2*1-2-3(4)5;3*1-2-6-5-4-3;1-2-3;4*2-1-3;2*1-4(2)3;;;;;;;;;3*1-5(2,3)4;5*1-4(2)3;;;;;;;;;;;;;;;;;/h2*1-2H2,(H2,4,5);3*1-3H2;1H3;4*(H2,2,3);2*1H3;8*1H3;3*(H3-,1,2,3,4);5*(H2,1,2,3);2*1H2;;;;;;;;;;;;;;;/q30*-1;;;;;;;;;;;;;;;. The fraction of sp³-hybridized carbons (Fsp3) is 0.286. The summed E-state index contributed by atoms with van der Waals surface area (Å²) < 4.78 is 191. The average Bonchev–Trinajstić information content (AvgIpc) is 3.26. The van der Waals surface area contributed by atoms with Gasteiger partial charge in [-0.3, -0.25) is 15.9 Å². The number of nitrogens with one attached hydrogen (secondary N) is 3. The van der Waals surface area contributed by atoms with Gasteiger partial charge in [-0.2, -0.15) is 50.3 Å². The summed E-state index contributed by atoms with van der Waals surface area (Å²) in [7, 11) is -27.3. The third-order valence-electron chi connectivity index (χ3n) is 1.00. The molecule has 0 heterocycles. The smallest absolute Gasteiger partial charge is 0.187 e. The molecule has 111 heavy (non-hydrogen) atoms. The van der Waals surface area contributed by atoms with E-state index in [4.69, 9.17) is 124 Å². The van der Waals surface area contributed by atoms with Crippen LogP contribution in [0, 0.1) is 94.0 Å². The van der Waals surface area contributed by atoms with E-state index in [1.165, 1.54) is 13.2 Å².